The summed E-state index contributed by atoms with van der Waals surface area (Å²) in [5.74, 6) is -0.285. The third-order valence-electron chi connectivity index (χ3n) is 2.24. The largest absolute Gasteiger partial charge is 0.369 e. The van der Waals surface area contributed by atoms with Gasteiger partial charge in [0.15, 0.2) is 0 Å². The maximum Gasteiger partial charge on any atom is 0.231 e. The smallest absolute Gasteiger partial charge is 0.231 e. The first-order chi connectivity index (χ1) is 6.50. The van der Waals surface area contributed by atoms with Crippen molar-refractivity contribution in [1.29, 1.82) is 0 Å². The predicted octanol–water partition coefficient (Wildman–Crippen LogP) is 1.53. The number of thiophene rings is 1. The number of amides is 1. The molecule has 0 fully saturated rings. The molecule has 1 amide bonds. The van der Waals surface area contributed by atoms with Gasteiger partial charge in [0.2, 0.25) is 5.91 Å². The van der Waals surface area contributed by atoms with Crippen LogP contribution in [0.4, 0.5) is 0 Å². The van der Waals surface area contributed by atoms with E-state index < -0.39 is 0 Å². The van der Waals surface area contributed by atoms with Crippen LogP contribution in [0.15, 0.2) is 12.1 Å². The number of hydrogen-bond acceptors (Lipinski definition) is 3. The van der Waals surface area contributed by atoms with Gasteiger partial charge in [-0.15, -0.1) is 11.3 Å². The molecular weight excluding hydrogens is 196 g/mol. The lowest BCUT2D eigenvalue weighted by Gasteiger charge is -2.21. The van der Waals surface area contributed by atoms with E-state index in [1.54, 1.807) is 11.3 Å². The van der Waals surface area contributed by atoms with Crippen LogP contribution in [-0.2, 0) is 4.79 Å². The minimum Gasteiger partial charge on any atom is -0.369 e. The van der Waals surface area contributed by atoms with Gasteiger partial charge < -0.3 is 5.73 Å². The summed E-state index contributed by atoms with van der Waals surface area (Å²) in [5.41, 5.74) is 5.14. The first kappa shape index (κ1) is 11.2. The quantitative estimate of drug-likeness (QED) is 0.822. The van der Waals surface area contributed by atoms with Gasteiger partial charge in [-0.05, 0) is 33.0 Å². The lowest BCUT2D eigenvalue weighted by molar-refractivity contribution is -0.119. The molecule has 1 rings (SSSR count). The Hall–Kier alpha value is -0.870. The highest BCUT2D eigenvalue weighted by atomic mass is 32.1. The Labute approximate surface area is 88.5 Å². The van der Waals surface area contributed by atoms with E-state index in [1.807, 2.05) is 11.9 Å². The van der Waals surface area contributed by atoms with Gasteiger partial charge in [-0.1, -0.05) is 0 Å². The molecule has 1 aromatic rings. The molecule has 0 unspecified atom stereocenters. The molecule has 0 spiro atoms. The van der Waals surface area contributed by atoms with E-state index in [0.29, 0.717) is 6.54 Å². The summed E-state index contributed by atoms with van der Waals surface area (Å²) >= 11 is 1.76. The van der Waals surface area contributed by atoms with E-state index in [0.717, 1.165) is 0 Å². The second-order valence-electron chi connectivity index (χ2n) is 3.51. The Morgan fingerprint density at radius 3 is 2.71 bits per heavy atom. The SMILES string of the molecule is Cc1ccc([C@@H](C)N(C)CC(N)=O)s1. The molecule has 4 heteroatoms. The molecule has 0 aromatic carbocycles. The second-order valence-corrected chi connectivity index (χ2v) is 4.83. The van der Waals surface area contributed by atoms with Crippen LogP contribution in [0.2, 0.25) is 0 Å². The molecule has 0 aliphatic rings. The van der Waals surface area contributed by atoms with Crippen molar-refractivity contribution in [2.24, 2.45) is 5.73 Å². The summed E-state index contributed by atoms with van der Waals surface area (Å²) in [6, 6.07) is 4.44. The van der Waals surface area contributed by atoms with Crippen molar-refractivity contribution in [3.63, 3.8) is 0 Å². The molecular formula is C10H16N2OS. The summed E-state index contributed by atoms with van der Waals surface area (Å²) in [4.78, 5) is 15.2. The highest BCUT2D eigenvalue weighted by molar-refractivity contribution is 7.12. The molecule has 0 aliphatic heterocycles. The van der Waals surface area contributed by atoms with Gasteiger partial charge in [-0.3, -0.25) is 9.69 Å². The fourth-order valence-corrected chi connectivity index (χ4v) is 2.27. The number of hydrogen-bond donors (Lipinski definition) is 1. The van der Waals surface area contributed by atoms with Gasteiger partial charge in [0.25, 0.3) is 0 Å². The van der Waals surface area contributed by atoms with Crippen molar-refractivity contribution in [3.05, 3.63) is 21.9 Å². The van der Waals surface area contributed by atoms with E-state index in [1.165, 1.54) is 9.75 Å². The van der Waals surface area contributed by atoms with Crippen LogP contribution in [0.5, 0.6) is 0 Å². The van der Waals surface area contributed by atoms with E-state index >= 15 is 0 Å². The number of carbonyl (C=O) groups excluding carboxylic acids is 1. The molecule has 1 aromatic heterocycles. The average molecular weight is 212 g/mol. The third kappa shape index (κ3) is 2.82. The molecule has 1 atom stereocenters. The summed E-state index contributed by atoms with van der Waals surface area (Å²) in [7, 11) is 1.91. The van der Waals surface area contributed by atoms with Crippen LogP contribution in [0.3, 0.4) is 0 Å². The molecule has 78 valence electrons. The molecule has 14 heavy (non-hydrogen) atoms. The van der Waals surface area contributed by atoms with Gasteiger partial charge in [0.1, 0.15) is 0 Å². The number of nitrogens with zero attached hydrogens (tertiary/aromatic N) is 1. The maximum atomic E-state index is 10.7. The van der Waals surface area contributed by atoms with Crippen molar-refractivity contribution in [2.75, 3.05) is 13.6 Å². The lowest BCUT2D eigenvalue weighted by atomic mass is 10.2. The second kappa shape index (κ2) is 4.57. The number of carbonyl (C=O) groups is 1. The van der Waals surface area contributed by atoms with Crippen LogP contribution in [0.25, 0.3) is 0 Å². The van der Waals surface area contributed by atoms with E-state index in [4.69, 9.17) is 5.73 Å². The highest BCUT2D eigenvalue weighted by Gasteiger charge is 2.14. The van der Waals surface area contributed by atoms with Gasteiger partial charge in [-0.2, -0.15) is 0 Å². The number of rotatable bonds is 4. The van der Waals surface area contributed by atoms with Crippen LogP contribution in [-0.4, -0.2) is 24.4 Å². The number of nitrogens with two attached hydrogens (primary N) is 1. The van der Waals surface area contributed by atoms with Crippen molar-refractivity contribution < 1.29 is 4.79 Å². The lowest BCUT2D eigenvalue weighted by Crippen LogP contribution is -2.32. The maximum absolute atomic E-state index is 10.7. The van der Waals surface area contributed by atoms with Crippen molar-refractivity contribution >= 4 is 17.2 Å². The zero-order chi connectivity index (χ0) is 10.7. The van der Waals surface area contributed by atoms with E-state index in [9.17, 15) is 4.79 Å². The zero-order valence-corrected chi connectivity index (χ0v) is 9.60. The third-order valence-corrected chi connectivity index (χ3v) is 3.41. The van der Waals surface area contributed by atoms with E-state index in [-0.39, 0.29) is 11.9 Å². The number of primary amides is 1. The molecule has 0 bridgehead atoms. The molecule has 0 saturated carbocycles. The molecule has 2 N–H and O–H groups in total. The predicted molar refractivity (Wildman–Crippen MR) is 59.3 cm³/mol. The summed E-state index contributed by atoms with van der Waals surface area (Å²) in [6.07, 6.45) is 0. The van der Waals surface area contributed by atoms with Crippen molar-refractivity contribution in [2.45, 2.75) is 19.9 Å². The average Bonchev–Trinajstić information content (AvgIpc) is 2.49. The van der Waals surface area contributed by atoms with Gasteiger partial charge >= 0.3 is 0 Å². The molecule has 1 heterocycles. The van der Waals surface area contributed by atoms with Gasteiger partial charge in [0, 0.05) is 15.8 Å². The Bertz CT molecular complexity index is 322. The minimum absolute atomic E-state index is 0.251. The fourth-order valence-electron chi connectivity index (χ4n) is 1.28. The Morgan fingerprint density at radius 2 is 2.29 bits per heavy atom. The zero-order valence-electron chi connectivity index (χ0n) is 8.78. The van der Waals surface area contributed by atoms with Gasteiger partial charge in [0.05, 0.1) is 6.54 Å². The monoisotopic (exact) mass is 212 g/mol. The molecule has 0 aliphatic carbocycles. The van der Waals surface area contributed by atoms with Crippen LogP contribution in [0, 0.1) is 6.92 Å². The Balaban J connectivity index is 2.65. The summed E-state index contributed by atoms with van der Waals surface area (Å²) < 4.78 is 0. The topological polar surface area (TPSA) is 46.3 Å². The number of aryl methyl sites for hydroxylation is 1. The Morgan fingerprint density at radius 1 is 1.64 bits per heavy atom. The highest BCUT2D eigenvalue weighted by Crippen LogP contribution is 2.25. The number of likely N-dealkylation sites (N-methyl/N-ethyl adjacent to an activating group) is 1. The first-order valence-corrected chi connectivity index (χ1v) is 5.37. The summed E-state index contributed by atoms with van der Waals surface area (Å²) in [5, 5.41) is 0. The minimum atomic E-state index is -0.285. The van der Waals surface area contributed by atoms with Crippen LogP contribution < -0.4 is 5.73 Å². The first-order valence-electron chi connectivity index (χ1n) is 4.55. The molecule has 0 saturated heterocycles. The molecule has 0 radical (unpaired) electrons. The standard InChI is InChI=1S/C10H16N2OS/c1-7-4-5-9(14-7)8(2)12(3)6-10(11)13/h4-5,8H,6H2,1-3H3,(H2,11,13)/t8-/m1/s1. The summed E-state index contributed by atoms with van der Waals surface area (Å²) in [6.45, 7) is 4.46. The van der Waals surface area contributed by atoms with Crippen LogP contribution >= 0.6 is 11.3 Å². The fraction of sp³-hybridized carbons (Fsp3) is 0.500. The van der Waals surface area contributed by atoms with E-state index in [2.05, 4.69) is 26.0 Å². The van der Waals surface area contributed by atoms with Crippen molar-refractivity contribution in [1.82, 2.24) is 4.90 Å². The van der Waals surface area contributed by atoms with Gasteiger partial charge in [-0.25, -0.2) is 0 Å². The normalized spacial score (nSPS) is 13.1. The molecule has 3 nitrogen and oxygen atoms in total. The van der Waals surface area contributed by atoms with Crippen LogP contribution in [0.1, 0.15) is 22.7 Å². The Kier molecular flexibility index (Phi) is 3.66. The van der Waals surface area contributed by atoms with Crippen molar-refractivity contribution in [3.8, 4) is 0 Å².